The molecular formula is C20H23N3O3. The maximum atomic E-state index is 12.6. The lowest BCUT2D eigenvalue weighted by Crippen LogP contribution is -2.25. The number of anilines is 1. The number of carbonyl (C=O) groups is 1. The Bertz CT molecular complexity index is 816. The van der Waals surface area contributed by atoms with Crippen LogP contribution < -0.4 is 14.8 Å². The fourth-order valence-corrected chi connectivity index (χ4v) is 2.93. The Morgan fingerprint density at radius 2 is 1.85 bits per heavy atom. The van der Waals surface area contributed by atoms with Gasteiger partial charge in [0, 0.05) is 19.2 Å². The number of carbonyl (C=O) groups excluding carboxylic acids is 1. The molecule has 1 aliphatic rings. The maximum absolute atomic E-state index is 12.6. The van der Waals surface area contributed by atoms with Gasteiger partial charge in [-0.15, -0.1) is 0 Å². The highest BCUT2D eigenvalue weighted by molar-refractivity contribution is 6.02. The minimum atomic E-state index is -0.0286. The maximum Gasteiger partial charge on any atom is 0.247 e. The molecule has 6 heteroatoms. The van der Waals surface area contributed by atoms with Gasteiger partial charge in [-0.05, 0) is 35.4 Å². The summed E-state index contributed by atoms with van der Waals surface area (Å²) in [5.74, 6) is 1.24. The highest BCUT2D eigenvalue weighted by Gasteiger charge is 2.22. The van der Waals surface area contributed by atoms with Gasteiger partial charge in [0.05, 0.1) is 32.9 Å². The molecule has 1 heterocycles. The van der Waals surface area contributed by atoms with Crippen molar-refractivity contribution >= 4 is 17.3 Å². The summed E-state index contributed by atoms with van der Waals surface area (Å²) in [6.45, 7) is 0.606. The molecule has 0 aromatic heterocycles. The average molecular weight is 353 g/mol. The van der Waals surface area contributed by atoms with Crippen molar-refractivity contribution in [3.8, 4) is 11.5 Å². The van der Waals surface area contributed by atoms with E-state index in [1.807, 2.05) is 49.5 Å². The summed E-state index contributed by atoms with van der Waals surface area (Å²) in [5, 5.41) is 9.16. The average Bonchev–Trinajstić information content (AvgIpc) is 3.18. The Labute approximate surface area is 153 Å². The van der Waals surface area contributed by atoms with Gasteiger partial charge < -0.3 is 14.8 Å². The van der Waals surface area contributed by atoms with E-state index in [9.17, 15) is 4.79 Å². The van der Waals surface area contributed by atoms with E-state index in [-0.39, 0.29) is 12.3 Å². The van der Waals surface area contributed by atoms with Crippen molar-refractivity contribution in [3.05, 3.63) is 53.6 Å². The van der Waals surface area contributed by atoms with Gasteiger partial charge in [-0.25, -0.2) is 5.01 Å². The van der Waals surface area contributed by atoms with Gasteiger partial charge >= 0.3 is 0 Å². The lowest BCUT2D eigenvalue weighted by Gasteiger charge is -2.13. The van der Waals surface area contributed by atoms with Crippen LogP contribution in [0.25, 0.3) is 0 Å². The van der Waals surface area contributed by atoms with Crippen molar-refractivity contribution in [2.24, 2.45) is 5.10 Å². The van der Waals surface area contributed by atoms with E-state index in [0.29, 0.717) is 18.0 Å². The first-order valence-electron chi connectivity index (χ1n) is 8.51. The van der Waals surface area contributed by atoms with Gasteiger partial charge in [0.25, 0.3) is 0 Å². The molecule has 1 amide bonds. The first-order valence-corrected chi connectivity index (χ1v) is 8.51. The zero-order valence-corrected chi connectivity index (χ0v) is 15.3. The van der Waals surface area contributed by atoms with E-state index in [0.717, 1.165) is 28.9 Å². The Kier molecular flexibility index (Phi) is 5.41. The summed E-state index contributed by atoms with van der Waals surface area (Å²) < 4.78 is 10.5. The lowest BCUT2D eigenvalue weighted by atomic mass is 10.1. The number of hydrazone groups is 1. The first-order chi connectivity index (χ1) is 12.6. The Balaban J connectivity index is 1.69. The van der Waals surface area contributed by atoms with E-state index in [4.69, 9.17) is 9.47 Å². The zero-order chi connectivity index (χ0) is 18.5. The molecule has 0 fully saturated rings. The smallest absolute Gasteiger partial charge is 0.247 e. The fraction of sp³-hybridized carbons (Fsp3) is 0.300. The molecule has 2 aromatic carbocycles. The van der Waals surface area contributed by atoms with Crippen molar-refractivity contribution in [1.29, 1.82) is 0 Å². The molecule has 1 aliphatic heterocycles. The van der Waals surface area contributed by atoms with E-state index >= 15 is 0 Å². The summed E-state index contributed by atoms with van der Waals surface area (Å²) in [5.41, 5.74) is 3.90. The van der Waals surface area contributed by atoms with Gasteiger partial charge in [-0.1, -0.05) is 18.2 Å². The number of hydrogen-bond donors (Lipinski definition) is 1. The Morgan fingerprint density at radius 1 is 1.12 bits per heavy atom. The molecule has 1 N–H and O–H groups in total. The summed E-state index contributed by atoms with van der Waals surface area (Å²) in [4.78, 5) is 12.6. The molecule has 0 saturated carbocycles. The summed E-state index contributed by atoms with van der Waals surface area (Å²) in [6, 6.07) is 13.6. The van der Waals surface area contributed by atoms with Crippen LogP contribution in [0.2, 0.25) is 0 Å². The second-order valence-corrected chi connectivity index (χ2v) is 6.01. The SMILES string of the molecule is CNc1ccc(C2=NN(C(=O)Cc3ccc(OC)c(OC)c3)CC2)cc1. The van der Waals surface area contributed by atoms with Crippen molar-refractivity contribution in [2.45, 2.75) is 12.8 Å². The molecule has 0 saturated heterocycles. The van der Waals surface area contributed by atoms with Crippen molar-refractivity contribution < 1.29 is 14.3 Å². The minimum Gasteiger partial charge on any atom is -0.493 e. The topological polar surface area (TPSA) is 63.2 Å². The number of methoxy groups -OCH3 is 2. The lowest BCUT2D eigenvalue weighted by molar-refractivity contribution is -0.130. The number of amides is 1. The number of nitrogens with zero attached hydrogens (tertiary/aromatic N) is 2. The summed E-state index contributed by atoms with van der Waals surface area (Å²) in [6.07, 6.45) is 1.03. The predicted molar refractivity (Wildman–Crippen MR) is 102 cm³/mol. The van der Waals surface area contributed by atoms with Crippen LogP contribution in [0.4, 0.5) is 5.69 Å². The van der Waals surface area contributed by atoms with Crippen LogP contribution >= 0.6 is 0 Å². The van der Waals surface area contributed by atoms with E-state index in [1.54, 1.807) is 19.2 Å². The third kappa shape index (κ3) is 3.79. The fourth-order valence-electron chi connectivity index (χ4n) is 2.93. The van der Waals surface area contributed by atoms with Crippen LogP contribution in [0.15, 0.2) is 47.6 Å². The molecular weight excluding hydrogens is 330 g/mol. The second kappa shape index (κ2) is 7.91. The van der Waals surface area contributed by atoms with Crippen molar-refractivity contribution in [1.82, 2.24) is 5.01 Å². The second-order valence-electron chi connectivity index (χ2n) is 6.01. The molecule has 26 heavy (non-hydrogen) atoms. The van der Waals surface area contributed by atoms with Gasteiger partial charge in [-0.2, -0.15) is 5.10 Å². The molecule has 0 aliphatic carbocycles. The van der Waals surface area contributed by atoms with Crippen molar-refractivity contribution in [2.75, 3.05) is 33.1 Å². The highest BCUT2D eigenvalue weighted by Crippen LogP contribution is 2.28. The van der Waals surface area contributed by atoms with Gasteiger partial charge in [0.2, 0.25) is 5.91 Å². The quantitative estimate of drug-likeness (QED) is 0.867. The summed E-state index contributed by atoms with van der Waals surface area (Å²) >= 11 is 0. The van der Waals surface area contributed by atoms with Crippen LogP contribution in [0.1, 0.15) is 17.5 Å². The highest BCUT2D eigenvalue weighted by atomic mass is 16.5. The Morgan fingerprint density at radius 3 is 2.50 bits per heavy atom. The van der Waals surface area contributed by atoms with Crippen LogP contribution in [0, 0.1) is 0 Å². The number of hydrogen-bond acceptors (Lipinski definition) is 5. The van der Waals surface area contributed by atoms with E-state index < -0.39 is 0 Å². The monoisotopic (exact) mass is 353 g/mol. The molecule has 6 nitrogen and oxygen atoms in total. The molecule has 0 bridgehead atoms. The Hall–Kier alpha value is -3.02. The zero-order valence-electron chi connectivity index (χ0n) is 15.3. The van der Waals surface area contributed by atoms with Gasteiger partial charge in [0.15, 0.2) is 11.5 Å². The third-order valence-electron chi connectivity index (χ3n) is 4.40. The van der Waals surface area contributed by atoms with E-state index in [2.05, 4.69) is 10.4 Å². The molecule has 0 spiro atoms. The molecule has 136 valence electrons. The number of ether oxygens (including phenoxy) is 2. The number of nitrogens with one attached hydrogen (secondary N) is 1. The van der Waals surface area contributed by atoms with E-state index in [1.165, 1.54) is 0 Å². The minimum absolute atomic E-state index is 0.0286. The van der Waals surface area contributed by atoms with Crippen LogP contribution in [0.5, 0.6) is 11.5 Å². The van der Waals surface area contributed by atoms with Crippen molar-refractivity contribution in [3.63, 3.8) is 0 Å². The normalized spacial score (nSPS) is 13.3. The van der Waals surface area contributed by atoms with Gasteiger partial charge in [-0.3, -0.25) is 4.79 Å². The van der Waals surface area contributed by atoms with Gasteiger partial charge in [0.1, 0.15) is 0 Å². The number of rotatable bonds is 6. The molecule has 2 aromatic rings. The molecule has 0 radical (unpaired) electrons. The molecule has 0 unspecified atom stereocenters. The largest absolute Gasteiger partial charge is 0.493 e. The van der Waals surface area contributed by atoms with Crippen LogP contribution in [-0.2, 0) is 11.2 Å². The molecule has 3 rings (SSSR count). The van der Waals surface area contributed by atoms with Crippen LogP contribution in [0.3, 0.4) is 0 Å². The summed E-state index contributed by atoms with van der Waals surface area (Å²) in [7, 11) is 5.06. The van der Waals surface area contributed by atoms with Crippen LogP contribution in [-0.4, -0.2) is 44.4 Å². The third-order valence-corrected chi connectivity index (χ3v) is 4.40. The first kappa shape index (κ1) is 17.8. The number of benzene rings is 2. The standard InChI is InChI=1S/C20H23N3O3/c1-21-16-7-5-15(6-8-16)17-10-11-23(22-17)20(24)13-14-4-9-18(25-2)19(12-14)26-3/h4-9,12,21H,10-11,13H2,1-3H3. The molecule has 0 atom stereocenters. The predicted octanol–water partition coefficient (Wildman–Crippen LogP) is 2.92.